The zero-order valence-electron chi connectivity index (χ0n) is 14.2. The van der Waals surface area contributed by atoms with Gasteiger partial charge in [-0.2, -0.15) is 0 Å². The number of piperidine rings is 1. The highest BCUT2D eigenvalue weighted by Gasteiger charge is 2.40. The van der Waals surface area contributed by atoms with Crippen LogP contribution in [0.5, 0.6) is 0 Å². The van der Waals surface area contributed by atoms with E-state index in [9.17, 15) is 0 Å². The molecule has 118 valence electrons. The topological polar surface area (TPSA) is 29.3 Å². The van der Waals surface area contributed by atoms with Gasteiger partial charge in [-0.05, 0) is 68.9 Å². The summed E-state index contributed by atoms with van der Waals surface area (Å²) in [7, 11) is 0. The van der Waals surface area contributed by atoms with E-state index in [-0.39, 0.29) is 0 Å². The Bertz CT molecular complexity index is 294. The fourth-order valence-electron chi connectivity index (χ4n) is 4.58. The number of rotatable bonds is 3. The molecule has 0 amide bonds. The molecule has 1 heterocycles. The molecule has 1 saturated heterocycles. The van der Waals surface area contributed by atoms with Crippen LogP contribution in [0.25, 0.3) is 0 Å². The Morgan fingerprint density at radius 1 is 1.10 bits per heavy atom. The minimum absolute atomic E-state index is 0.454. The molecule has 0 aromatic carbocycles. The van der Waals surface area contributed by atoms with Crippen LogP contribution in [-0.2, 0) is 0 Å². The first-order chi connectivity index (χ1) is 9.47. The molecule has 2 nitrogen and oxygen atoms in total. The van der Waals surface area contributed by atoms with Gasteiger partial charge in [0.2, 0.25) is 0 Å². The second kappa shape index (κ2) is 6.79. The zero-order valence-corrected chi connectivity index (χ0v) is 14.2. The lowest BCUT2D eigenvalue weighted by atomic mass is 9.67. The van der Waals surface area contributed by atoms with Crippen molar-refractivity contribution < 1.29 is 0 Å². The summed E-state index contributed by atoms with van der Waals surface area (Å²) in [6.07, 6.45) is 9.64. The Balaban J connectivity index is 2.11. The summed E-state index contributed by atoms with van der Waals surface area (Å²) < 4.78 is 0. The van der Waals surface area contributed by atoms with Gasteiger partial charge in [-0.25, -0.2) is 0 Å². The molecular formula is C18H36N2. The van der Waals surface area contributed by atoms with Gasteiger partial charge in [0, 0.05) is 12.1 Å². The van der Waals surface area contributed by atoms with Gasteiger partial charge in [0.15, 0.2) is 0 Å². The van der Waals surface area contributed by atoms with Crippen molar-refractivity contribution in [1.82, 2.24) is 4.90 Å². The van der Waals surface area contributed by atoms with Gasteiger partial charge >= 0.3 is 0 Å². The molecule has 0 spiro atoms. The van der Waals surface area contributed by atoms with E-state index in [0.717, 1.165) is 30.5 Å². The van der Waals surface area contributed by atoms with E-state index in [1.165, 1.54) is 51.5 Å². The number of likely N-dealkylation sites (tertiary alicyclic amines) is 1. The van der Waals surface area contributed by atoms with Gasteiger partial charge in [0.25, 0.3) is 0 Å². The minimum atomic E-state index is 0.454. The van der Waals surface area contributed by atoms with Crippen molar-refractivity contribution in [2.45, 2.75) is 84.7 Å². The third-order valence-electron chi connectivity index (χ3n) is 6.05. The van der Waals surface area contributed by atoms with Crippen LogP contribution in [-0.4, -0.2) is 30.1 Å². The van der Waals surface area contributed by atoms with E-state index in [1.54, 1.807) is 0 Å². The second-order valence-corrected chi connectivity index (χ2v) is 8.23. The Morgan fingerprint density at radius 2 is 1.85 bits per heavy atom. The Morgan fingerprint density at radius 3 is 2.45 bits per heavy atom. The van der Waals surface area contributed by atoms with Crippen LogP contribution in [0.4, 0.5) is 0 Å². The quantitative estimate of drug-likeness (QED) is 0.845. The number of nitrogens with two attached hydrogens (primary N) is 1. The summed E-state index contributed by atoms with van der Waals surface area (Å²) in [4.78, 5) is 2.86. The van der Waals surface area contributed by atoms with Crippen LogP contribution >= 0.6 is 0 Å². The number of hydrogen-bond donors (Lipinski definition) is 1. The van der Waals surface area contributed by atoms with Crippen molar-refractivity contribution in [3.63, 3.8) is 0 Å². The third kappa shape index (κ3) is 3.57. The lowest BCUT2D eigenvalue weighted by Gasteiger charge is -2.50. The van der Waals surface area contributed by atoms with Gasteiger partial charge < -0.3 is 5.73 Å². The van der Waals surface area contributed by atoms with E-state index in [4.69, 9.17) is 5.73 Å². The van der Waals surface area contributed by atoms with E-state index in [2.05, 4.69) is 32.6 Å². The highest BCUT2D eigenvalue weighted by molar-refractivity contribution is 4.94. The Labute approximate surface area is 126 Å². The first-order valence-corrected chi connectivity index (χ1v) is 8.93. The molecule has 0 radical (unpaired) electrons. The predicted octanol–water partition coefficient (Wildman–Crippen LogP) is 4.04. The number of hydrogen-bond acceptors (Lipinski definition) is 2. The van der Waals surface area contributed by atoms with Gasteiger partial charge in [-0.15, -0.1) is 0 Å². The summed E-state index contributed by atoms with van der Waals surface area (Å²) in [6, 6.07) is 1.57. The first kappa shape index (κ1) is 16.3. The van der Waals surface area contributed by atoms with Crippen molar-refractivity contribution in [1.29, 1.82) is 0 Å². The maximum atomic E-state index is 6.12. The average molecular weight is 280 g/mol. The highest BCUT2D eigenvalue weighted by Crippen LogP contribution is 2.42. The van der Waals surface area contributed by atoms with Crippen molar-refractivity contribution in [3.8, 4) is 0 Å². The molecule has 20 heavy (non-hydrogen) atoms. The second-order valence-electron chi connectivity index (χ2n) is 8.23. The standard InChI is InChI=1S/C18H36N2/c1-5-16-8-6-7-11-20(16)17-12-15(18(2,3)4)10-9-14(17)13-19/h14-17H,5-13,19H2,1-4H3. The van der Waals surface area contributed by atoms with Crippen molar-refractivity contribution in [2.75, 3.05) is 13.1 Å². The smallest absolute Gasteiger partial charge is 0.0141 e. The molecule has 0 aromatic rings. The fraction of sp³-hybridized carbons (Fsp3) is 1.00. The van der Waals surface area contributed by atoms with Gasteiger partial charge in [-0.3, -0.25) is 4.90 Å². The van der Waals surface area contributed by atoms with Crippen molar-refractivity contribution in [3.05, 3.63) is 0 Å². The van der Waals surface area contributed by atoms with Gasteiger partial charge in [0.1, 0.15) is 0 Å². The summed E-state index contributed by atoms with van der Waals surface area (Å²) in [5.74, 6) is 1.61. The molecule has 1 saturated carbocycles. The molecule has 1 aliphatic heterocycles. The molecule has 4 atom stereocenters. The molecule has 0 bridgehead atoms. The Kier molecular flexibility index (Phi) is 5.53. The fourth-order valence-corrected chi connectivity index (χ4v) is 4.58. The molecule has 2 rings (SSSR count). The van der Waals surface area contributed by atoms with Crippen LogP contribution in [0.1, 0.15) is 72.6 Å². The van der Waals surface area contributed by atoms with Crippen molar-refractivity contribution in [2.24, 2.45) is 23.0 Å². The van der Waals surface area contributed by atoms with Crippen molar-refractivity contribution >= 4 is 0 Å². The SMILES string of the molecule is CCC1CCCCN1C1CC(C(C)(C)C)CCC1CN. The van der Waals surface area contributed by atoms with Crippen LogP contribution in [0.15, 0.2) is 0 Å². The van der Waals surface area contributed by atoms with Crippen LogP contribution in [0.2, 0.25) is 0 Å². The predicted molar refractivity (Wildman–Crippen MR) is 87.8 cm³/mol. The summed E-state index contributed by atoms with van der Waals surface area (Å²) >= 11 is 0. The summed E-state index contributed by atoms with van der Waals surface area (Å²) in [5, 5.41) is 0. The molecular weight excluding hydrogens is 244 g/mol. The monoisotopic (exact) mass is 280 g/mol. The van der Waals surface area contributed by atoms with E-state index in [1.807, 2.05) is 0 Å². The molecule has 1 aliphatic carbocycles. The maximum Gasteiger partial charge on any atom is 0.0141 e. The van der Waals surface area contributed by atoms with E-state index in [0.29, 0.717) is 5.41 Å². The molecule has 2 fully saturated rings. The minimum Gasteiger partial charge on any atom is -0.330 e. The van der Waals surface area contributed by atoms with E-state index >= 15 is 0 Å². The lowest BCUT2D eigenvalue weighted by Crippen LogP contribution is -2.53. The van der Waals surface area contributed by atoms with Gasteiger partial charge in [-0.1, -0.05) is 34.1 Å². The largest absolute Gasteiger partial charge is 0.330 e. The van der Waals surface area contributed by atoms with E-state index < -0.39 is 0 Å². The van der Waals surface area contributed by atoms with Crippen LogP contribution in [0.3, 0.4) is 0 Å². The third-order valence-corrected chi connectivity index (χ3v) is 6.05. The summed E-state index contributed by atoms with van der Waals surface area (Å²) in [5.41, 5.74) is 6.57. The molecule has 0 aromatic heterocycles. The maximum absolute atomic E-state index is 6.12. The average Bonchev–Trinajstić information content (AvgIpc) is 2.45. The van der Waals surface area contributed by atoms with Crippen LogP contribution < -0.4 is 5.73 Å². The lowest BCUT2D eigenvalue weighted by molar-refractivity contribution is 0.00343. The Hall–Kier alpha value is -0.0800. The summed E-state index contributed by atoms with van der Waals surface area (Å²) in [6.45, 7) is 11.8. The molecule has 4 unspecified atom stereocenters. The first-order valence-electron chi connectivity index (χ1n) is 8.93. The van der Waals surface area contributed by atoms with Crippen LogP contribution in [0, 0.1) is 17.3 Å². The molecule has 2 heteroatoms. The normalized spacial score (nSPS) is 37.0. The highest BCUT2D eigenvalue weighted by atomic mass is 15.2. The van der Waals surface area contributed by atoms with Gasteiger partial charge in [0.05, 0.1) is 0 Å². The molecule has 2 aliphatic rings. The molecule has 2 N–H and O–H groups in total. The zero-order chi connectivity index (χ0) is 14.8. The number of nitrogens with zero attached hydrogens (tertiary/aromatic N) is 1.